The zero-order valence-electron chi connectivity index (χ0n) is 12.1. The molecule has 0 radical (unpaired) electrons. The normalized spacial score (nSPS) is 19.1. The summed E-state index contributed by atoms with van der Waals surface area (Å²) in [6.07, 6.45) is 4.71. The lowest BCUT2D eigenvalue weighted by Gasteiger charge is -2.47. The van der Waals surface area contributed by atoms with Gasteiger partial charge >= 0.3 is 0 Å². The second-order valence-electron chi connectivity index (χ2n) is 6.76. The van der Waals surface area contributed by atoms with Crippen LogP contribution in [0.15, 0.2) is 12.4 Å². The molecule has 0 spiro atoms. The van der Waals surface area contributed by atoms with Crippen molar-refractivity contribution in [3.8, 4) is 0 Å². The Bertz CT molecular complexity index is 244. The summed E-state index contributed by atoms with van der Waals surface area (Å²) in [5.41, 5.74) is 0.289. The third kappa shape index (κ3) is 2.51. The van der Waals surface area contributed by atoms with Crippen LogP contribution in [0.5, 0.6) is 0 Å². The van der Waals surface area contributed by atoms with Crippen LogP contribution in [-0.4, -0.2) is 46.2 Å². The largest absolute Gasteiger partial charge is 0.339 e. The molecule has 0 bridgehead atoms. The van der Waals surface area contributed by atoms with Crippen LogP contribution in [0.25, 0.3) is 0 Å². The molecule has 0 N–H and O–H groups in total. The van der Waals surface area contributed by atoms with Crippen LogP contribution < -0.4 is 0 Å². The van der Waals surface area contributed by atoms with Crippen molar-refractivity contribution in [3.05, 3.63) is 12.4 Å². The lowest BCUT2D eigenvalue weighted by atomic mass is 10.1. The molecule has 94 valence electrons. The van der Waals surface area contributed by atoms with Gasteiger partial charge in [-0.3, -0.25) is 4.90 Å². The monoisotopic (exact) mass is 225 g/mol. The minimum Gasteiger partial charge on any atom is -0.339 e. The highest BCUT2D eigenvalue weighted by atomic mass is 15.5. The molecule has 0 saturated heterocycles. The topological polar surface area (TPSA) is 9.72 Å². The predicted molar refractivity (Wildman–Crippen MR) is 69.8 cm³/mol. The first kappa shape index (κ1) is 13.4. The van der Waals surface area contributed by atoms with Gasteiger partial charge in [0.1, 0.15) is 0 Å². The van der Waals surface area contributed by atoms with Crippen LogP contribution >= 0.6 is 0 Å². The summed E-state index contributed by atoms with van der Waals surface area (Å²) >= 11 is 0. The van der Waals surface area contributed by atoms with E-state index in [1.807, 2.05) is 0 Å². The van der Waals surface area contributed by atoms with E-state index in [1.165, 1.54) is 0 Å². The van der Waals surface area contributed by atoms with Gasteiger partial charge in [-0.2, -0.15) is 0 Å². The molecule has 3 nitrogen and oxygen atoms in total. The quantitative estimate of drug-likeness (QED) is 0.679. The zero-order valence-corrected chi connectivity index (χ0v) is 12.1. The summed E-state index contributed by atoms with van der Waals surface area (Å²) in [6, 6.07) is 0. The van der Waals surface area contributed by atoms with E-state index in [-0.39, 0.29) is 11.1 Å². The van der Waals surface area contributed by atoms with Crippen LogP contribution in [0.2, 0.25) is 0 Å². The Morgan fingerprint density at radius 1 is 0.812 bits per heavy atom. The third-order valence-corrected chi connectivity index (χ3v) is 2.90. The molecule has 16 heavy (non-hydrogen) atoms. The van der Waals surface area contributed by atoms with Gasteiger partial charge in [-0.25, -0.2) is 0 Å². The fraction of sp³-hybridized carbons (Fsp3) is 0.846. The highest BCUT2D eigenvalue weighted by Gasteiger charge is 2.39. The van der Waals surface area contributed by atoms with Gasteiger partial charge < -0.3 is 9.80 Å². The van der Waals surface area contributed by atoms with E-state index in [1.54, 1.807) is 0 Å². The SMILES string of the molecule is CN(C)C1N(C(C)(C)C)C=CN1C(C)(C)C. The molecule has 3 heteroatoms. The highest BCUT2D eigenvalue weighted by Crippen LogP contribution is 2.31. The molecule has 0 aromatic carbocycles. The van der Waals surface area contributed by atoms with Crippen molar-refractivity contribution in [2.45, 2.75) is 58.9 Å². The Hall–Kier alpha value is -0.700. The molecule has 0 saturated carbocycles. The second kappa shape index (κ2) is 3.95. The van der Waals surface area contributed by atoms with E-state index in [0.717, 1.165) is 0 Å². The molecule has 1 heterocycles. The van der Waals surface area contributed by atoms with Crippen molar-refractivity contribution in [3.63, 3.8) is 0 Å². The van der Waals surface area contributed by atoms with Crippen molar-refractivity contribution >= 4 is 0 Å². The molecular formula is C13H27N3. The predicted octanol–water partition coefficient (Wildman–Crippen LogP) is 2.52. The average Bonchev–Trinajstić information content (AvgIpc) is 2.43. The van der Waals surface area contributed by atoms with Crippen molar-refractivity contribution in [1.82, 2.24) is 14.7 Å². The van der Waals surface area contributed by atoms with Crippen molar-refractivity contribution < 1.29 is 0 Å². The van der Waals surface area contributed by atoms with Gasteiger partial charge in [0.15, 0.2) is 6.29 Å². The minimum absolute atomic E-state index is 0.144. The molecule has 0 amide bonds. The van der Waals surface area contributed by atoms with Crippen molar-refractivity contribution in [1.29, 1.82) is 0 Å². The number of hydrogen-bond donors (Lipinski definition) is 0. The number of rotatable bonds is 1. The molecule has 0 aromatic rings. The number of hydrogen-bond acceptors (Lipinski definition) is 3. The smallest absolute Gasteiger partial charge is 0.160 e. The first-order valence-electron chi connectivity index (χ1n) is 5.97. The summed E-state index contributed by atoms with van der Waals surface area (Å²) in [4.78, 5) is 7.06. The first-order chi connectivity index (χ1) is 7.05. The lowest BCUT2D eigenvalue weighted by molar-refractivity contribution is -0.0500. The Balaban J connectivity index is 2.99. The maximum atomic E-state index is 2.40. The molecule has 0 aliphatic carbocycles. The van der Waals surface area contributed by atoms with E-state index in [2.05, 4.69) is 82.7 Å². The standard InChI is InChI=1S/C13H27N3/c1-12(2,3)15-9-10-16(13(4,5)6)11(15)14(7)8/h9-11H,1-8H3. The van der Waals surface area contributed by atoms with Crippen molar-refractivity contribution in [2.75, 3.05) is 14.1 Å². The molecule has 1 aliphatic rings. The maximum Gasteiger partial charge on any atom is 0.160 e. The molecule has 0 unspecified atom stereocenters. The summed E-state index contributed by atoms with van der Waals surface area (Å²) in [6.45, 7) is 13.5. The molecule has 1 rings (SSSR count). The maximum absolute atomic E-state index is 2.40. The van der Waals surface area contributed by atoms with E-state index in [9.17, 15) is 0 Å². The second-order valence-corrected chi connectivity index (χ2v) is 6.76. The molecule has 1 aliphatic heterocycles. The summed E-state index contributed by atoms with van der Waals surface area (Å²) < 4.78 is 0. The molecule has 0 atom stereocenters. The Labute approximate surface area is 101 Å². The summed E-state index contributed by atoms with van der Waals surface area (Å²) in [7, 11) is 4.27. The summed E-state index contributed by atoms with van der Waals surface area (Å²) in [5.74, 6) is 0. The summed E-state index contributed by atoms with van der Waals surface area (Å²) in [5, 5.41) is 0. The van der Waals surface area contributed by atoms with Gasteiger partial charge in [0.25, 0.3) is 0 Å². The van der Waals surface area contributed by atoms with Gasteiger partial charge in [0.2, 0.25) is 0 Å². The van der Waals surface area contributed by atoms with E-state index >= 15 is 0 Å². The molecule has 0 aromatic heterocycles. The van der Waals surface area contributed by atoms with E-state index in [0.29, 0.717) is 6.29 Å². The Kier molecular flexibility index (Phi) is 3.30. The van der Waals surface area contributed by atoms with E-state index < -0.39 is 0 Å². The fourth-order valence-corrected chi connectivity index (χ4v) is 2.07. The highest BCUT2D eigenvalue weighted by molar-refractivity contribution is 5.04. The Morgan fingerprint density at radius 2 is 1.12 bits per heavy atom. The fourth-order valence-electron chi connectivity index (χ4n) is 2.07. The van der Waals surface area contributed by atoms with Gasteiger partial charge in [0, 0.05) is 23.5 Å². The number of nitrogens with zero attached hydrogens (tertiary/aromatic N) is 3. The van der Waals surface area contributed by atoms with E-state index in [4.69, 9.17) is 0 Å². The van der Waals surface area contributed by atoms with Crippen LogP contribution in [0, 0.1) is 0 Å². The third-order valence-electron chi connectivity index (χ3n) is 2.90. The van der Waals surface area contributed by atoms with Crippen LogP contribution in [0.3, 0.4) is 0 Å². The van der Waals surface area contributed by atoms with Gasteiger partial charge in [-0.1, -0.05) is 0 Å². The van der Waals surface area contributed by atoms with Gasteiger partial charge in [-0.05, 0) is 55.6 Å². The first-order valence-corrected chi connectivity index (χ1v) is 5.97. The van der Waals surface area contributed by atoms with Gasteiger partial charge in [-0.15, -0.1) is 0 Å². The average molecular weight is 225 g/mol. The van der Waals surface area contributed by atoms with Crippen LogP contribution in [0.4, 0.5) is 0 Å². The molecular weight excluding hydrogens is 198 g/mol. The van der Waals surface area contributed by atoms with Crippen LogP contribution in [-0.2, 0) is 0 Å². The zero-order chi connectivity index (χ0) is 12.7. The molecule has 0 fully saturated rings. The Morgan fingerprint density at radius 3 is 1.31 bits per heavy atom. The van der Waals surface area contributed by atoms with Crippen molar-refractivity contribution in [2.24, 2.45) is 0 Å². The van der Waals surface area contributed by atoms with Crippen LogP contribution in [0.1, 0.15) is 41.5 Å². The lowest BCUT2D eigenvalue weighted by Crippen LogP contribution is -2.58. The minimum atomic E-state index is 0.144. The van der Waals surface area contributed by atoms with Gasteiger partial charge in [0.05, 0.1) is 0 Å².